The summed E-state index contributed by atoms with van der Waals surface area (Å²) in [5.74, 6) is -0.666. The van der Waals surface area contributed by atoms with Crippen molar-refractivity contribution in [2.75, 3.05) is 0 Å². The van der Waals surface area contributed by atoms with Crippen LogP contribution in [-0.4, -0.2) is 29.4 Å². The normalized spacial score (nSPS) is 11.3. The van der Waals surface area contributed by atoms with Crippen molar-refractivity contribution in [3.8, 4) is 0 Å². The van der Waals surface area contributed by atoms with E-state index in [4.69, 9.17) is 5.11 Å². The van der Waals surface area contributed by atoms with E-state index in [2.05, 4.69) is 9.63 Å². The zero-order valence-electron chi connectivity index (χ0n) is 18.4. The van der Waals surface area contributed by atoms with Crippen LogP contribution in [0.4, 0.5) is 0 Å². The Morgan fingerprint density at radius 3 is 1.70 bits per heavy atom. The summed E-state index contributed by atoms with van der Waals surface area (Å²) in [4.78, 5) is 22.8. The Morgan fingerprint density at radius 2 is 1.20 bits per heavy atom. The fourth-order valence-corrected chi connectivity index (χ4v) is 6.16. The molecule has 30 heavy (non-hydrogen) atoms. The van der Waals surface area contributed by atoms with Crippen LogP contribution in [0.1, 0.15) is 103 Å². The second-order valence-corrected chi connectivity index (χ2v) is 10.7. The SMILES string of the molecule is O=C(O)CCCCCCCCCCCCCCCCCn1[se]c2ccccc2c1=O. The third-order valence-corrected chi connectivity index (χ3v) is 8.16. The number of hydrogen-bond acceptors (Lipinski definition) is 2. The summed E-state index contributed by atoms with van der Waals surface area (Å²) in [6.07, 6.45) is 19.1. The van der Waals surface area contributed by atoms with E-state index in [1.807, 2.05) is 18.2 Å². The van der Waals surface area contributed by atoms with Crippen molar-refractivity contribution >= 4 is 30.3 Å². The molecule has 0 aliphatic carbocycles. The van der Waals surface area contributed by atoms with Gasteiger partial charge in [0, 0.05) is 6.42 Å². The summed E-state index contributed by atoms with van der Waals surface area (Å²) < 4.78 is 3.30. The number of carboxylic acid groups (broad SMARTS) is 1. The Labute approximate surface area is 187 Å². The number of benzene rings is 1. The molecule has 1 heterocycles. The first-order valence-corrected chi connectivity index (χ1v) is 13.6. The minimum atomic E-state index is -0.666. The predicted octanol–water partition coefficient (Wildman–Crippen LogP) is 6.38. The molecule has 5 heteroatoms. The number of nitrogens with zero attached hydrogens (tertiary/aromatic N) is 1. The van der Waals surface area contributed by atoms with Crippen molar-refractivity contribution in [1.82, 2.24) is 3.56 Å². The molecule has 1 aromatic heterocycles. The molecular formula is C25H39NO3Se. The molecule has 0 aliphatic heterocycles. The zero-order valence-corrected chi connectivity index (χ0v) is 20.2. The molecule has 0 atom stereocenters. The molecule has 1 N–H and O–H groups in total. The van der Waals surface area contributed by atoms with Gasteiger partial charge in [-0.05, 0) is 6.42 Å². The second kappa shape index (κ2) is 15.5. The van der Waals surface area contributed by atoms with Crippen molar-refractivity contribution in [1.29, 1.82) is 0 Å². The van der Waals surface area contributed by atoms with E-state index >= 15 is 0 Å². The quantitative estimate of drug-likeness (QED) is 0.199. The molecule has 0 aliphatic rings. The standard InChI is InChI=1S/C25H39NO3Se/c27-24(28)20-14-12-10-8-6-4-2-1-3-5-7-9-11-13-17-21-26-25(29)22-18-15-16-19-23(22)30-26/h15-16,18-19H,1-14,17,20-21H2,(H,27,28). The van der Waals surface area contributed by atoms with Crippen molar-refractivity contribution in [3.63, 3.8) is 0 Å². The minimum absolute atomic E-state index is 0.189. The molecule has 0 spiro atoms. The van der Waals surface area contributed by atoms with E-state index in [0.29, 0.717) is 6.42 Å². The van der Waals surface area contributed by atoms with Crippen LogP contribution < -0.4 is 5.56 Å². The van der Waals surface area contributed by atoms with Crippen LogP contribution in [0.25, 0.3) is 9.65 Å². The van der Waals surface area contributed by atoms with Crippen molar-refractivity contribution in [2.24, 2.45) is 0 Å². The molecular weight excluding hydrogens is 441 g/mol. The van der Waals surface area contributed by atoms with Gasteiger partial charge in [0.05, 0.1) is 0 Å². The van der Waals surface area contributed by atoms with Crippen LogP contribution in [0.15, 0.2) is 29.1 Å². The molecule has 0 radical (unpaired) electrons. The van der Waals surface area contributed by atoms with E-state index in [0.717, 1.165) is 31.2 Å². The second-order valence-electron chi connectivity index (χ2n) is 8.44. The zero-order chi connectivity index (χ0) is 21.4. The van der Waals surface area contributed by atoms with Crippen LogP contribution in [0.5, 0.6) is 0 Å². The number of carbonyl (C=O) groups is 1. The van der Waals surface area contributed by atoms with Gasteiger partial charge in [0.25, 0.3) is 0 Å². The van der Waals surface area contributed by atoms with E-state index in [1.165, 1.54) is 81.3 Å². The van der Waals surface area contributed by atoms with E-state index < -0.39 is 5.97 Å². The van der Waals surface area contributed by atoms with E-state index in [9.17, 15) is 9.59 Å². The molecule has 0 bridgehead atoms. The number of fused-ring (bicyclic) bond motifs is 1. The van der Waals surface area contributed by atoms with E-state index in [-0.39, 0.29) is 20.3 Å². The Kier molecular flexibility index (Phi) is 12.9. The summed E-state index contributed by atoms with van der Waals surface area (Å²) in [6.45, 7) is 0.924. The number of aryl methyl sites for hydroxylation is 1. The topological polar surface area (TPSA) is 59.3 Å². The van der Waals surface area contributed by atoms with Crippen LogP contribution in [0.3, 0.4) is 0 Å². The van der Waals surface area contributed by atoms with Gasteiger partial charge < -0.3 is 5.11 Å². The van der Waals surface area contributed by atoms with Gasteiger partial charge in [-0.25, -0.2) is 0 Å². The molecule has 0 saturated heterocycles. The van der Waals surface area contributed by atoms with Crippen LogP contribution in [0, 0.1) is 0 Å². The van der Waals surface area contributed by atoms with Crippen LogP contribution in [0.2, 0.25) is 0 Å². The van der Waals surface area contributed by atoms with Gasteiger partial charge in [0.2, 0.25) is 0 Å². The average molecular weight is 481 g/mol. The number of hydrogen-bond donors (Lipinski definition) is 1. The Balaban J connectivity index is 1.34. The Morgan fingerprint density at radius 1 is 0.733 bits per heavy atom. The fourth-order valence-electron chi connectivity index (χ4n) is 3.99. The van der Waals surface area contributed by atoms with Crippen molar-refractivity contribution < 1.29 is 9.90 Å². The number of carboxylic acids is 1. The molecule has 0 unspecified atom stereocenters. The fraction of sp³-hybridized carbons (Fsp3) is 0.680. The van der Waals surface area contributed by atoms with Gasteiger partial charge in [-0.1, -0.05) is 25.7 Å². The van der Waals surface area contributed by atoms with Gasteiger partial charge >= 0.3 is 139 Å². The number of aromatic nitrogens is 1. The molecule has 4 nitrogen and oxygen atoms in total. The number of aliphatic carboxylic acids is 1. The van der Waals surface area contributed by atoms with Gasteiger partial charge in [-0.2, -0.15) is 0 Å². The molecule has 2 rings (SSSR count). The third-order valence-electron chi connectivity index (χ3n) is 5.80. The van der Waals surface area contributed by atoms with Gasteiger partial charge in [0.15, 0.2) is 0 Å². The van der Waals surface area contributed by atoms with E-state index in [1.54, 1.807) is 0 Å². The predicted molar refractivity (Wildman–Crippen MR) is 127 cm³/mol. The van der Waals surface area contributed by atoms with Crippen LogP contribution in [-0.2, 0) is 11.3 Å². The first kappa shape index (κ1) is 24.9. The van der Waals surface area contributed by atoms with Crippen LogP contribution >= 0.6 is 0 Å². The maximum atomic E-state index is 12.3. The summed E-state index contributed by atoms with van der Waals surface area (Å²) in [6, 6.07) is 8.05. The third kappa shape index (κ3) is 10.1. The number of unbranched alkanes of at least 4 members (excludes halogenated alkanes) is 14. The molecule has 168 valence electrons. The molecule has 0 fully saturated rings. The summed E-state index contributed by atoms with van der Waals surface area (Å²) in [7, 11) is 0. The number of rotatable bonds is 18. The monoisotopic (exact) mass is 481 g/mol. The van der Waals surface area contributed by atoms with Crippen molar-refractivity contribution in [3.05, 3.63) is 34.6 Å². The molecule has 1 aromatic carbocycles. The first-order valence-electron chi connectivity index (χ1n) is 12.0. The summed E-state index contributed by atoms with van der Waals surface area (Å²) in [5.41, 5.74) is 0.240. The van der Waals surface area contributed by atoms with Gasteiger partial charge in [0.1, 0.15) is 0 Å². The molecule has 2 aromatic rings. The summed E-state index contributed by atoms with van der Waals surface area (Å²) >= 11 is 0.189. The molecule has 0 amide bonds. The maximum absolute atomic E-state index is 12.3. The Hall–Kier alpha value is -1.32. The molecule has 0 saturated carbocycles. The summed E-state index contributed by atoms with van der Waals surface area (Å²) in [5, 5.41) is 9.52. The Bertz CT molecular complexity index is 780. The van der Waals surface area contributed by atoms with Gasteiger partial charge in [-0.15, -0.1) is 0 Å². The average Bonchev–Trinajstić information content (AvgIpc) is 3.06. The first-order chi connectivity index (χ1) is 14.7. The van der Waals surface area contributed by atoms with Crippen molar-refractivity contribution in [2.45, 2.75) is 109 Å². The van der Waals surface area contributed by atoms with Gasteiger partial charge in [-0.3, -0.25) is 4.79 Å².